The van der Waals surface area contributed by atoms with Gasteiger partial charge in [0, 0.05) is 6.54 Å². The van der Waals surface area contributed by atoms with Gasteiger partial charge in [-0.15, -0.1) is 0 Å². The van der Waals surface area contributed by atoms with Crippen LogP contribution in [-0.2, 0) is 0 Å². The van der Waals surface area contributed by atoms with Crippen LogP contribution in [0.1, 0.15) is 30.6 Å². The van der Waals surface area contributed by atoms with E-state index in [-0.39, 0.29) is 11.6 Å². The molecule has 1 atom stereocenters. The highest BCUT2D eigenvalue weighted by molar-refractivity contribution is 5.95. The molecule has 94 valence electrons. The summed E-state index contributed by atoms with van der Waals surface area (Å²) >= 11 is 0. The Morgan fingerprint density at radius 1 is 1.47 bits per heavy atom. The van der Waals surface area contributed by atoms with E-state index in [9.17, 15) is 13.6 Å². The maximum atomic E-state index is 13.5. The third-order valence-electron chi connectivity index (χ3n) is 2.66. The van der Waals surface area contributed by atoms with Gasteiger partial charge in [0.25, 0.3) is 5.91 Å². The molecule has 1 aromatic carbocycles. The van der Waals surface area contributed by atoms with Gasteiger partial charge in [-0.2, -0.15) is 0 Å². The molecule has 3 N–H and O–H groups in total. The molecule has 0 saturated carbocycles. The summed E-state index contributed by atoms with van der Waals surface area (Å²) in [5.74, 6) is -2.43. The highest BCUT2D eigenvalue weighted by Crippen LogP contribution is 2.18. The molecule has 0 aliphatic rings. The number of rotatable bonds is 4. The molecular weight excluding hydrogens is 226 g/mol. The van der Waals surface area contributed by atoms with Crippen LogP contribution in [0.25, 0.3) is 0 Å². The van der Waals surface area contributed by atoms with Crippen LogP contribution >= 0.6 is 0 Å². The van der Waals surface area contributed by atoms with Crippen molar-refractivity contribution in [2.24, 2.45) is 5.92 Å². The Morgan fingerprint density at radius 3 is 2.71 bits per heavy atom. The summed E-state index contributed by atoms with van der Waals surface area (Å²) in [6, 6.07) is 2.08. The van der Waals surface area contributed by atoms with Gasteiger partial charge in [0.2, 0.25) is 0 Å². The van der Waals surface area contributed by atoms with Crippen molar-refractivity contribution in [3.05, 3.63) is 29.3 Å². The van der Waals surface area contributed by atoms with Crippen LogP contribution < -0.4 is 11.1 Å². The second-order valence-electron chi connectivity index (χ2n) is 4.05. The van der Waals surface area contributed by atoms with Gasteiger partial charge in [-0.25, -0.2) is 8.78 Å². The van der Waals surface area contributed by atoms with Gasteiger partial charge in [0.05, 0.1) is 5.69 Å². The normalized spacial score (nSPS) is 12.2. The molecule has 0 bridgehead atoms. The van der Waals surface area contributed by atoms with E-state index in [4.69, 9.17) is 5.73 Å². The van der Waals surface area contributed by atoms with Gasteiger partial charge >= 0.3 is 0 Å². The third kappa shape index (κ3) is 3.15. The molecule has 0 spiro atoms. The quantitative estimate of drug-likeness (QED) is 0.796. The first-order chi connectivity index (χ1) is 7.97. The maximum absolute atomic E-state index is 13.5. The van der Waals surface area contributed by atoms with Gasteiger partial charge in [0.1, 0.15) is 11.4 Å². The monoisotopic (exact) mass is 242 g/mol. The number of halogens is 2. The molecule has 5 heteroatoms. The molecule has 1 aromatic rings. The summed E-state index contributed by atoms with van der Waals surface area (Å²) in [6.07, 6.45) is 0.877. The summed E-state index contributed by atoms with van der Waals surface area (Å²) in [5, 5.41) is 2.48. The van der Waals surface area contributed by atoms with Crippen LogP contribution in [0.2, 0.25) is 0 Å². The van der Waals surface area contributed by atoms with E-state index in [0.717, 1.165) is 18.6 Å². The predicted octanol–water partition coefficient (Wildman–Crippen LogP) is 2.32. The number of hydrogen-bond donors (Lipinski definition) is 2. The summed E-state index contributed by atoms with van der Waals surface area (Å²) in [4.78, 5) is 11.6. The largest absolute Gasteiger partial charge is 0.396 e. The molecule has 1 amide bonds. The van der Waals surface area contributed by atoms with Crippen molar-refractivity contribution < 1.29 is 13.6 Å². The topological polar surface area (TPSA) is 55.1 Å². The SMILES string of the molecule is CCC(C)CNC(=O)c1c(F)ccc(N)c1F. The lowest BCUT2D eigenvalue weighted by Crippen LogP contribution is -2.29. The molecule has 0 aliphatic carbocycles. The first kappa shape index (κ1) is 13.4. The molecule has 1 unspecified atom stereocenters. The average molecular weight is 242 g/mol. The molecule has 0 aliphatic heterocycles. The van der Waals surface area contributed by atoms with Gasteiger partial charge in [-0.05, 0) is 18.1 Å². The third-order valence-corrected chi connectivity index (χ3v) is 2.66. The van der Waals surface area contributed by atoms with Crippen LogP contribution in [0.3, 0.4) is 0 Å². The van der Waals surface area contributed by atoms with E-state index in [1.54, 1.807) is 0 Å². The average Bonchev–Trinajstić information content (AvgIpc) is 2.31. The van der Waals surface area contributed by atoms with Crippen molar-refractivity contribution in [3.8, 4) is 0 Å². The van der Waals surface area contributed by atoms with Gasteiger partial charge in [0.15, 0.2) is 5.82 Å². The van der Waals surface area contributed by atoms with Crippen molar-refractivity contribution in [2.75, 3.05) is 12.3 Å². The van der Waals surface area contributed by atoms with Crippen molar-refractivity contribution in [2.45, 2.75) is 20.3 Å². The lowest BCUT2D eigenvalue weighted by molar-refractivity contribution is 0.0939. The lowest BCUT2D eigenvalue weighted by atomic mass is 10.1. The highest BCUT2D eigenvalue weighted by atomic mass is 19.1. The number of nitrogens with two attached hydrogens (primary N) is 1. The zero-order valence-corrected chi connectivity index (χ0v) is 9.89. The first-order valence-corrected chi connectivity index (χ1v) is 5.49. The molecule has 0 radical (unpaired) electrons. The molecule has 3 nitrogen and oxygen atoms in total. The van der Waals surface area contributed by atoms with Crippen LogP contribution in [0.4, 0.5) is 14.5 Å². The van der Waals surface area contributed by atoms with Gasteiger partial charge < -0.3 is 11.1 Å². The van der Waals surface area contributed by atoms with Crippen molar-refractivity contribution in [1.82, 2.24) is 5.32 Å². The Labute approximate surface area is 99.0 Å². The second kappa shape index (κ2) is 5.61. The first-order valence-electron chi connectivity index (χ1n) is 5.49. The fourth-order valence-electron chi connectivity index (χ4n) is 1.28. The Hall–Kier alpha value is -1.65. The van der Waals surface area contributed by atoms with E-state index < -0.39 is 23.1 Å². The minimum Gasteiger partial charge on any atom is -0.396 e. The number of benzene rings is 1. The fraction of sp³-hybridized carbons (Fsp3) is 0.417. The Bertz CT molecular complexity index is 421. The van der Waals surface area contributed by atoms with Crippen LogP contribution in [0.5, 0.6) is 0 Å². The molecular formula is C12H16F2N2O. The number of carbonyl (C=O) groups is 1. The summed E-state index contributed by atoms with van der Waals surface area (Å²) < 4.78 is 26.8. The summed E-state index contributed by atoms with van der Waals surface area (Å²) in [6.45, 7) is 4.29. The van der Waals surface area contributed by atoms with Crippen molar-refractivity contribution in [3.63, 3.8) is 0 Å². The number of nitrogen functional groups attached to an aromatic ring is 1. The standard InChI is InChI=1S/C12H16F2N2O/c1-3-7(2)6-16-12(17)10-8(13)4-5-9(15)11(10)14/h4-5,7H,3,6,15H2,1-2H3,(H,16,17). The number of amides is 1. The zero-order chi connectivity index (χ0) is 13.0. The number of carbonyl (C=O) groups excluding carboxylic acids is 1. The van der Waals surface area contributed by atoms with Gasteiger partial charge in [-0.1, -0.05) is 20.3 Å². The Kier molecular flexibility index (Phi) is 4.43. The molecule has 0 heterocycles. The van der Waals surface area contributed by atoms with Crippen LogP contribution in [-0.4, -0.2) is 12.5 Å². The zero-order valence-electron chi connectivity index (χ0n) is 9.89. The number of hydrogen-bond acceptors (Lipinski definition) is 2. The molecule has 0 fully saturated rings. The van der Waals surface area contributed by atoms with Gasteiger partial charge in [-0.3, -0.25) is 4.79 Å². The van der Waals surface area contributed by atoms with E-state index in [2.05, 4.69) is 5.32 Å². The predicted molar refractivity (Wildman–Crippen MR) is 62.6 cm³/mol. The maximum Gasteiger partial charge on any atom is 0.257 e. The van der Waals surface area contributed by atoms with E-state index >= 15 is 0 Å². The highest BCUT2D eigenvalue weighted by Gasteiger charge is 2.19. The number of nitrogens with one attached hydrogen (secondary N) is 1. The Balaban J connectivity index is 2.86. The van der Waals surface area contributed by atoms with Crippen LogP contribution in [0.15, 0.2) is 12.1 Å². The summed E-state index contributed by atoms with van der Waals surface area (Å²) in [5.41, 5.74) is 4.43. The Morgan fingerprint density at radius 2 is 2.12 bits per heavy atom. The molecule has 1 rings (SSSR count). The van der Waals surface area contributed by atoms with E-state index in [1.807, 2.05) is 13.8 Å². The molecule has 0 saturated heterocycles. The van der Waals surface area contributed by atoms with Crippen molar-refractivity contribution in [1.29, 1.82) is 0 Å². The smallest absolute Gasteiger partial charge is 0.257 e. The molecule has 0 aromatic heterocycles. The number of anilines is 1. The lowest BCUT2D eigenvalue weighted by Gasteiger charge is -2.11. The molecule has 17 heavy (non-hydrogen) atoms. The fourth-order valence-corrected chi connectivity index (χ4v) is 1.28. The summed E-state index contributed by atoms with van der Waals surface area (Å²) in [7, 11) is 0. The minimum atomic E-state index is -1.01. The van der Waals surface area contributed by atoms with E-state index in [1.165, 1.54) is 0 Å². The van der Waals surface area contributed by atoms with Crippen molar-refractivity contribution >= 4 is 11.6 Å². The van der Waals surface area contributed by atoms with E-state index in [0.29, 0.717) is 6.54 Å². The minimum absolute atomic E-state index is 0.236. The van der Waals surface area contributed by atoms with Crippen LogP contribution in [0, 0.1) is 17.6 Å². The second-order valence-corrected chi connectivity index (χ2v) is 4.05.